The highest BCUT2D eigenvalue weighted by Gasteiger charge is 2.41. The van der Waals surface area contributed by atoms with Gasteiger partial charge in [0.15, 0.2) is 5.82 Å². The van der Waals surface area contributed by atoms with E-state index >= 15 is 0 Å². The zero-order chi connectivity index (χ0) is 12.2. The van der Waals surface area contributed by atoms with Crippen LogP contribution in [0, 0.1) is 0 Å². The molecule has 0 aliphatic rings. The van der Waals surface area contributed by atoms with E-state index in [1.807, 2.05) is 0 Å². The number of hydrogen-bond acceptors (Lipinski definition) is 5. The first-order valence-corrected chi connectivity index (χ1v) is 4.20. The highest BCUT2D eigenvalue weighted by Crippen LogP contribution is 2.23. The largest absolute Gasteiger partial charge is 0.367 e. The second-order valence-electron chi connectivity index (χ2n) is 2.82. The van der Waals surface area contributed by atoms with E-state index < -0.39 is 25.6 Å². The van der Waals surface area contributed by atoms with Crippen LogP contribution in [0.5, 0.6) is 0 Å². The Morgan fingerprint density at radius 2 is 2.19 bits per heavy atom. The van der Waals surface area contributed by atoms with Gasteiger partial charge in [-0.15, -0.1) is 0 Å². The molecule has 1 N–H and O–H groups in total. The Kier molecular flexibility index (Phi) is 4.05. The van der Waals surface area contributed by atoms with Crippen LogP contribution >= 0.6 is 0 Å². The third-order valence-electron chi connectivity index (χ3n) is 1.53. The number of hydrogen-bond donors (Lipinski definition) is 1. The maximum absolute atomic E-state index is 12.4. The molecule has 0 atom stereocenters. The lowest BCUT2D eigenvalue weighted by Crippen LogP contribution is -2.32. The van der Waals surface area contributed by atoms with Gasteiger partial charge < -0.3 is 14.6 Å². The SMILES string of the molecule is CNc1nc(COCC(F)(F)C(F)F)no1. The predicted octanol–water partition coefficient (Wildman–Crippen LogP) is 1.53. The van der Waals surface area contributed by atoms with Crippen molar-refractivity contribution in [3.8, 4) is 0 Å². The Balaban J connectivity index is 2.35. The second kappa shape index (κ2) is 5.10. The number of ether oxygens (including phenoxy) is 1. The van der Waals surface area contributed by atoms with E-state index in [2.05, 4.69) is 24.7 Å². The molecule has 5 nitrogen and oxygen atoms in total. The molecule has 0 unspecified atom stereocenters. The van der Waals surface area contributed by atoms with Crippen molar-refractivity contribution in [2.45, 2.75) is 19.0 Å². The van der Waals surface area contributed by atoms with Crippen LogP contribution in [-0.4, -0.2) is 36.1 Å². The van der Waals surface area contributed by atoms with Gasteiger partial charge in [-0.3, -0.25) is 0 Å². The van der Waals surface area contributed by atoms with Crippen molar-refractivity contribution in [1.82, 2.24) is 10.1 Å². The van der Waals surface area contributed by atoms with Crippen molar-refractivity contribution in [2.24, 2.45) is 0 Å². The van der Waals surface area contributed by atoms with Gasteiger partial charge in [-0.1, -0.05) is 5.16 Å². The number of rotatable bonds is 6. The highest BCUT2D eigenvalue weighted by atomic mass is 19.3. The van der Waals surface area contributed by atoms with Gasteiger partial charge in [0.2, 0.25) is 0 Å². The summed E-state index contributed by atoms with van der Waals surface area (Å²) >= 11 is 0. The fraction of sp³-hybridized carbons (Fsp3) is 0.714. The zero-order valence-electron chi connectivity index (χ0n) is 8.21. The number of nitrogens with one attached hydrogen (secondary N) is 1. The van der Waals surface area contributed by atoms with Crippen LogP contribution in [0.1, 0.15) is 5.82 Å². The van der Waals surface area contributed by atoms with Crippen molar-refractivity contribution < 1.29 is 26.8 Å². The number of aromatic nitrogens is 2. The van der Waals surface area contributed by atoms with Crippen molar-refractivity contribution >= 4 is 6.01 Å². The summed E-state index contributed by atoms with van der Waals surface area (Å²) in [5.74, 6) is -4.18. The number of halogens is 4. The molecule has 1 aromatic rings. The van der Waals surface area contributed by atoms with Crippen LogP contribution in [0.3, 0.4) is 0 Å². The molecule has 0 saturated carbocycles. The number of nitrogens with zero attached hydrogens (tertiary/aromatic N) is 2. The molecule has 0 bridgehead atoms. The van der Waals surface area contributed by atoms with E-state index in [0.717, 1.165) is 0 Å². The van der Waals surface area contributed by atoms with Gasteiger partial charge in [-0.2, -0.15) is 13.8 Å². The molecular weight excluding hydrogens is 234 g/mol. The van der Waals surface area contributed by atoms with Crippen molar-refractivity contribution in [2.75, 3.05) is 19.0 Å². The van der Waals surface area contributed by atoms with Gasteiger partial charge in [-0.05, 0) is 0 Å². The lowest BCUT2D eigenvalue weighted by molar-refractivity contribution is -0.168. The minimum atomic E-state index is -4.17. The normalized spacial score (nSPS) is 12.1. The van der Waals surface area contributed by atoms with E-state index in [1.165, 1.54) is 7.05 Å². The van der Waals surface area contributed by atoms with Crippen molar-refractivity contribution in [1.29, 1.82) is 0 Å². The van der Waals surface area contributed by atoms with Crippen LogP contribution in [0.15, 0.2) is 4.52 Å². The van der Waals surface area contributed by atoms with Crippen molar-refractivity contribution in [3.63, 3.8) is 0 Å². The van der Waals surface area contributed by atoms with Gasteiger partial charge in [0, 0.05) is 7.05 Å². The maximum Gasteiger partial charge on any atom is 0.330 e. The Morgan fingerprint density at radius 3 is 2.69 bits per heavy atom. The summed E-state index contributed by atoms with van der Waals surface area (Å²) in [5.41, 5.74) is 0. The summed E-state index contributed by atoms with van der Waals surface area (Å²) in [6, 6.07) is 0.0826. The summed E-state index contributed by atoms with van der Waals surface area (Å²) in [4.78, 5) is 3.65. The molecule has 1 aromatic heterocycles. The number of alkyl halides is 4. The molecule has 1 rings (SSSR count). The van der Waals surface area contributed by atoms with Gasteiger partial charge in [0.25, 0.3) is 0 Å². The fourth-order valence-electron chi connectivity index (χ4n) is 0.756. The van der Waals surface area contributed by atoms with E-state index in [9.17, 15) is 17.6 Å². The van der Waals surface area contributed by atoms with E-state index in [-0.39, 0.29) is 11.8 Å². The summed E-state index contributed by atoms with van der Waals surface area (Å²) in [6.45, 7) is -1.82. The molecule has 0 spiro atoms. The standard InChI is InChI=1S/C7H9F4N3O2/c1-12-6-13-4(14-16-6)2-15-3-7(10,11)5(8)9/h5H,2-3H2,1H3,(H,12,13,14). The number of anilines is 1. The molecule has 9 heteroatoms. The monoisotopic (exact) mass is 243 g/mol. The van der Waals surface area contributed by atoms with E-state index in [0.29, 0.717) is 0 Å². The second-order valence-corrected chi connectivity index (χ2v) is 2.82. The van der Waals surface area contributed by atoms with Gasteiger partial charge >= 0.3 is 18.4 Å². The molecule has 0 aromatic carbocycles. The minimum Gasteiger partial charge on any atom is -0.367 e. The maximum atomic E-state index is 12.4. The Morgan fingerprint density at radius 1 is 1.50 bits per heavy atom. The quantitative estimate of drug-likeness (QED) is 0.768. The van der Waals surface area contributed by atoms with Crippen LogP contribution in [0.25, 0.3) is 0 Å². The first-order chi connectivity index (χ1) is 7.45. The first-order valence-electron chi connectivity index (χ1n) is 4.20. The van der Waals surface area contributed by atoms with Gasteiger partial charge in [0.1, 0.15) is 13.2 Å². The minimum absolute atomic E-state index is 0.00517. The average Bonchev–Trinajstić information content (AvgIpc) is 2.65. The molecule has 92 valence electrons. The van der Waals surface area contributed by atoms with Crippen LogP contribution in [-0.2, 0) is 11.3 Å². The third-order valence-corrected chi connectivity index (χ3v) is 1.53. The van der Waals surface area contributed by atoms with E-state index in [1.54, 1.807) is 0 Å². The lowest BCUT2D eigenvalue weighted by Gasteiger charge is -2.14. The summed E-state index contributed by atoms with van der Waals surface area (Å²) in [6.07, 6.45) is -3.76. The van der Waals surface area contributed by atoms with Gasteiger partial charge in [-0.25, -0.2) is 8.78 Å². The van der Waals surface area contributed by atoms with E-state index in [4.69, 9.17) is 0 Å². The smallest absolute Gasteiger partial charge is 0.330 e. The van der Waals surface area contributed by atoms with Crippen LogP contribution in [0.4, 0.5) is 23.6 Å². The molecule has 0 saturated heterocycles. The zero-order valence-corrected chi connectivity index (χ0v) is 8.21. The van der Waals surface area contributed by atoms with Crippen LogP contribution < -0.4 is 5.32 Å². The molecule has 0 fully saturated rings. The molecule has 16 heavy (non-hydrogen) atoms. The van der Waals surface area contributed by atoms with Gasteiger partial charge in [0.05, 0.1) is 0 Å². The third kappa shape index (κ3) is 3.33. The summed E-state index contributed by atoms with van der Waals surface area (Å²) < 4.78 is 57.1. The fourth-order valence-corrected chi connectivity index (χ4v) is 0.756. The molecule has 0 aliphatic carbocycles. The molecule has 1 heterocycles. The Bertz CT molecular complexity index is 331. The summed E-state index contributed by atoms with van der Waals surface area (Å²) in [7, 11) is 1.52. The first kappa shape index (κ1) is 12.7. The molecule has 0 radical (unpaired) electrons. The average molecular weight is 243 g/mol. The Hall–Kier alpha value is -1.38. The summed E-state index contributed by atoms with van der Waals surface area (Å²) in [5, 5.41) is 5.85. The lowest BCUT2D eigenvalue weighted by atomic mass is 10.4. The highest BCUT2D eigenvalue weighted by molar-refractivity contribution is 5.15. The topological polar surface area (TPSA) is 60.2 Å². The predicted molar refractivity (Wildman–Crippen MR) is 44.5 cm³/mol. The molecule has 0 amide bonds. The van der Waals surface area contributed by atoms with Crippen molar-refractivity contribution in [3.05, 3.63) is 5.82 Å². The Labute approximate surface area is 87.8 Å². The van der Waals surface area contributed by atoms with Crippen LogP contribution in [0.2, 0.25) is 0 Å². The molecular formula is C7H9F4N3O2. The molecule has 0 aliphatic heterocycles.